The Morgan fingerprint density at radius 3 is 2.43 bits per heavy atom. The summed E-state index contributed by atoms with van der Waals surface area (Å²) in [5, 5.41) is 17.6. The van der Waals surface area contributed by atoms with E-state index in [0.717, 1.165) is 27.5 Å². The summed E-state index contributed by atoms with van der Waals surface area (Å²) in [5.41, 5.74) is 5.26. The smallest absolute Gasteiger partial charge is 0.254 e. The van der Waals surface area contributed by atoms with Crippen LogP contribution in [0.1, 0.15) is 68.7 Å². The Balaban J connectivity index is 1.43. The van der Waals surface area contributed by atoms with Crippen LogP contribution >= 0.6 is 11.3 Å². The van der Waals surface area contributed by atoms with Gasteiger partial charge in [0.05, 0.1) is 37.1 Å². The zero-order chi connectivity index (χ0) is 36.7. The van der Waals surface area contributed by atoms with Crippen molar-refractivity contribution in [2.45, 2.75) is 64.0 Å². The molecule has 4 aromatic rings. The maximum absolute atomic E-state index is 14.2. The number of aryl methyl sites for hydroxylation is 1. The van der Waals surface area contributed by atoms with E-state index in [1.807, 2.05) is 66.8 Å². The van der Waals surface area contributed by atoms with E-state index < -0.39 is 17.9 Å². The number of nitrogens with one attached hydrogen (secondary N) is 1. The van der Waals surface area contributed by atoms with Gasteiger partial charge in [-0.05, 0) is 54.7 Å². The van der Waals surface area contributed by atoms with Crippen molar-refractivity contribution in [1.82, 2.24) is 20.2 Å². The van der Waals surface area contributed by atoms with Crippen molar-refractivity contribution in [3.63, 3.8) is 0 Å². The molecule has 0 aliphatic carbocycles. The normalized spacial score (nSPS) is 15.1. The number of rotatable bonds is 15. The highest BCUT2D eigenvalue weighted by molar-refractivity contribution is 7.09. The lowest BCUT2D eigenvalue weighted by atomic mass is 9.99. The number of hydrogen-bond donors (Lipinski definition) is 2. The number of carbonyl (C=O) groups is 2. The zero-order valence-electron chi connectivity index (χ0n) is 30.6. The Hall–Kier alpha value is -4.36. The summed E-state index contributed by atoms with van der Waals surface area (Å²) in [4.78, 5) is 42.7. The van der Waals surface area contributed by atoms with Crippen LogP contribution in [0.3, 0.4) is 0 Å². The Labute approximate surface area is 305 Å². The first-order valence-electron chi connectivity index (χ1n) is 17.3. The number of carbonyl (C=O) groups excluding carboxylic acids is 2. The molecule has 2 N–H and O–H groups in total. The van der Waals surface area contributed by atoms with Crippen molar-refractivity contribution in [1.29, 1.82) is 0 Å². The Bertz CT molecular complexity index is 1780. The predicted molar refractivity (Wildman–Crippen MR) is 202 cm³/mol. The second kappa shape index (κ2) is 16.8. The maximum atomic E-state index is 14.2. The minimum atomic E-state index is -0.929. The third-order valence-electron chi connectivity index (χ3n) is 9.51. The van der Waals surface area contributed by atoms with Crippen LogP contribution < -0.4 is 15.1 Å². The second-order valence-electron chi connectivity index (χ2n) is 13.7. The molecule has 1 fully saturated rings. The summed E-state index contributed by atoms with van der Waals surface area (Å²) in [6.07, 6.45) is 3.73. The van der Waals surface area contributed by atoms with E-state index in [1.165, 1.54) is 11.3 Å². The molecule has 5 rings (SSSR count). The molecule has 2 atom stereocenters. The zero-order valence-corrected chi connectivity index (χ0v) is 31.4. The molecule has 2 aromatic heterocycles. The monoisotopic (exact) mass is 714 g/mol. The van der Waals surface area contributed by atoms with Gasteiger partial charge in [-0.15, -0.1) is 11.3 Å². The van der Waals surface area contributed by atoms with E-state index >= 15 is 0 Å². The number of pyridine rings is 1. The van der Waals surface area contributed by atoms with Gasteiger partial charge in [-0.1, -0.05) is 44.2 Å². The van der Waals surface area contributed by atoms with Gasteiger partial charge in [0, 0.05) is 81.9 Å². The predicted octanol–water partition coefficient (Wildman–Crippen LogP) is 5.28. The molecule has 2 amide bonds. The molecule has 3 heterocycles. The van der Waals surface area contributed by atoms with Gasteiger partial charge in [0.1, 0.15) is 5.01 Å². The Morgan fingerprint density at radius 2 is 1.78 bits per heavy atom. The third-order valence-corrected chi connectivity index (χ3v) is 10.5. The largest absolute Gasteiger partial charge is 0.389 e. The van der Waals surface area contributed by atoms with Gasteiger partial charge in [0.15, 0.2) is 5.79 Å². The van der Waals surface area contributed by atoms with Crippen molar-refractivity contribution in [2.24, 2.45) is 0 Å². The van der Waals surface area contributed by atoms with Crippen LogP contribution in [0.15, 0.2) is 72.4 Å². The number of benzene rings is 2. The lowest BCUT2D eigenvalue weighted by Gasteiger charge is -2.30. The number of amides is 2. The quantitative estimate of drug-likeness (QED) is 0.159. The van der Waals surface area contributed by atoms with E-state index in [-0.39, 0.29) is 18.4 Å². The molecule has 1 aliphatic rings. The highest BCUT2D eigenvalue weighted by Crippen LogP contribution is 2.32. The molecule has 51 heavy (non-hydrogen) atoms. The lowest BCUT2D eigenvalue weighted by Crippen LogP contribution is -2.49. The van der Waals surface area contributed by atoms with E-state index in [2.05, 4.69) is 40.1 Å². The molecule has 1 aliphatic heterocycles. The number of anilines is 2. The number of nitrogens with zero attached hydrogens (tertiary/aromatic N) is 5. The van der Waals surface area contributed by atoms with Crippen molar-refractivity contribution in [3.8, 4) is 0 Å². The molecule has 2 aromatic carbocycles. The van der Waals surface area contributed by atoms with Crippen LogP contribution in [0.4, 0.5) is 11.4 Å². The molecule has 0 unspecified atom stereocenters. The molecule has 0 radical (unpaired) electrons. The number of ether oxygens (including phenoxy) is 2. The Morgan fingerprint density at radius 1 is 1.06 bits per heavy atom. The van der Waals surface area contributed by atoms with Crippen LogP contribution in [0.2, 0.25) is 0 Å². The topological polar surface area (TPSA) is 120 Å². The Kier molecular flexibility index (Phi) is 12.5. The fourth-order valence-corrected chi connectivity index (χ4v) is 7.12. The minimum Gasteiger partial charge on any atom is -0.389 e. The van der Waals surface area contributed by atoms with Gasteiger partial charge >= 0.3 is 0 Å². The summed E-state index contributed by atoms with van der Waals surface area (Å²) in [7, 11) is 6.88. The molecule has 11 nitrogen and oxygen atoms in total. The van der Waals surface area contributed by atoms with E-state index in [9.17, 15) is 14.7 Å². The van der Waals surface area contributed by atoms with E-state index in [4.69, 9.17) is 9.47 Å². The SMILES string of the molecule is COC1(OC)CCN(c2cc(C(=O)N[C@@H](Cc3ccccc3)[C@H](O)CN(C)c3cncc(C(C)C)c3)cc(C(=O)N(C)Cc3nc(C)cs3)c2)C1. The average Bonchev–Trinajstić information content (AvgIpc) is 3.77. The van der Waals surface area contributed by atoms with Crippen molar-refractivity contribution in [3.05, 3.63) is 105 Å². The van der Waals surface area contributed by atoms with Crippen LogP contribution in [0, 0.1) is 6.92 Å². The van der Waals surface area contributed by atoms with Crippen molar-refractivity contribution >= 4 is 34.5 Å². The molecule has 1 saturated heterocycles. The first kappa shape index (κ1) is 37.9. The fraction of sp³-hybridized carbons (Fsp3) is 0.436. The number of hydrogen-bond acceptors (Lipinski definition) is 10. The first-order valence-corrected chi connectivity index (χ1v) is 18.1. The van der Waals surface area contributed by atoms with E-state index in [1.54, 1.807) is 44.5 Å². The summed E-state index contributed by atoms with van der Waals surface area (Å²) < 4.78 is 11.4. The molecule has 0 saturated carbocycles. The van der Waals surface area contributed by atoms with Gasteiger partial charge in [0.25, 0.3) is 11.8 Å². The minimum absolute atomic E-state index is 0.234. The number of methoxy groups -OCH3 is 2. The molecular formula is C39H50N6O5S. The molecule has 0 spiro atoms. The van der Waals surface area contributed by atoms with Gasteiger partial charge < -0.3 is 34.6 Å². The van der Waals surface area contributed by atoms with Crippen LogP contribution in [-0.4, -0.2) is 97.7 Å². The van der Waals surface area contributed by atoms with Crippen molar-refractivity contribution in [2.75, 3.05) is 57.7 Å². The lowest BCUT2D eigenvalue weighted by molar-refractivity contribution is -0.189. The van der Waals surface area contributed by atoms with Gasteiger partial charge in [-0.3, -0.25) is 14.6 Å². The van der Waals surface area contributed by atoms with Crippen LogP contribution in [-0.2, 0) is 22.4 Å². The summed E-state index contributed by atoms with van der Waals surface area (Å²) in [5.74, 6) is -1.10. The number of aliphatic hydroxyl groups is 1. The third kappa shape index (κ3) is 9.50. The molecule has 12 heteroatoms. The number of thiazole rings is 1. The molecule has 0 bridgehead atoms. The summed E-state index contributed by atoms with van der Waals surface area (Å²) in [6, 6.07) is 16.5. The van der Waals surface area contributed by atoms with Gasteiger partial charge in [-0.2, -0.15) is 0 Å². The van der Waals surface area contributed by atoms with Crippen LogP contribution in [0.25, 0.3) is 0 Å². The van der Waals surface area contributed by atoms with Crippen LogP contribution in [0.5, 0.6) is 0 Å². The van der Waals surface area contributed by atoms with Gasteiger partial charge in [0.2, 0.25) is 0 Å². The van der Waals surface area contributed by atoms with E-state index in [0.29, 0.717) is 55.2 Å². The number of aromatic nitrogens is 2. The molecular weight excluding hydrogens is 665 g/mol. The summed E-state index contributed by atoms with van der Waals surface area (Å²) >= 11 is 1.51. The standard InChI is InChI=1S/C39H50N6O5S/c1-26(2)31-19-33(21-40-20-31)43(4)22-35(46)34(15-28-11-9-8-10-12-28)42-37(47)29-16-30(38(48)44(5)23-36-41-27(3)24-51-36)18-32(17-29)45-14-13-39(25-45,49-6)50-7/h8-12,16-21,24,26,34-35,46H,13-15,22-23,25H2,1-7H3,(H,42,47)/t34-,35+/m0/s1. The first-order chi connectivity index (χ1) is 24.4. The summed E-state index contributed by atoms with van der Waals surface area (Å²) in [6.45, 7) is 7.81. The maximum Gasteiger partial charge on any atom is 0.254 e. The average molecular weight is 715 g/mol. The van der Waals surface area contributed by atoms with Crippen molar-refractivity contribution < 1.29 is 24.2 Å². The highest BCUT2D eigenvalue weighted by Gasteiger charge is 2.39. The van der Waals surface area contributed by atoms with Gasteiger partial charge in [-0.25, -0.2) is 4.98 Å². The fourth-order valence-electron chi connectivity index (χ4n) is 6.30. The number of aliphatic hydroxyl groups excluding tert-OH is 1. The highest BCUT2D eigenvalue weighted by atomic mass is 32.1. The molecule has 272 valence electrons. The second-order valence-corrected chi connectivity index (χ2v) is 14.6. The number of likely N-dealkylation sites (N-methyl/N-ethyl adjacent to an activating group) is 1.